The monoisotopic (exact) mass is 279 g/mol. The molecule has 0 aliphatic heterocycles. The maximum Gasteiger partial charge on any atom is 0.117 e. The first-order chi connectivity index (χ1) is 9.40. The zero-order chi connectivity index (χ0) is 12.9. The highest BCUT2D eigenvalue weighted by atomic mass is 32.1. The van der Waals surface area contributed by atoms with Crippen LogP contribution >= 0.6 is 11.3 Å². The second-order valence-corrected chi connectivity index (χ2v) is 7.28. The normalized spacial score (nSPS) is 20.8. The molecule has 2 saturated carbocycles. The molecule has 0 radical (unpaired) electrons. The van der Waals surface area contributed by atoms with Crippen LogP contribution in [0.15, 0.2) is 0 Å². The summed E-state index contributed by atoms with van der Waals surface area (Å²) in [6.07, 6.45) is 13.3. The van der Waals surface area contributed by atoms with Crippen molar-refractivity contribution in [2.24, 2.45) is 5.92 Å². The third-order valence-corrected chi connectivity index (χ3v) is 5.28. The second-order valence-electron chi connectivity index (χ2n) is 6.13. The van der Waals surface area contributed by atoms with Crippen LogP contribution in [0.25, 0.3) is 0 Å². The average Bonchev–Trinajstić information content (AvgIpc) is 3.16. The van der Waals surface area contributed by atoms with Gasteiger partial charge in [0.05, 0.1) is 0 Å². The predicted octanol–water partition coefficient (Wildman–Crippen LogP) is 3.35. The molecule has 0 bridgehead atoms. The van der Waals surface area contributed by atoms with E-state index in [4.69, 9.17) is 0 Å². The summed E-state index contributed by atoms with van der Waals surface area (Å²) in [5, 5.41) is 14.8. The van der Waals surface area contributed by atoms with Gasteiger partial charge in [0, 0.05) is 18.9 Å². The molecular formula is C15H25N3S. The molecule has 4 heteroatoms. The lowest BCUT2D eigenvalue weighted by Crippen LogP contribution is -2.17. The SMILES string of the molecule is C1CCC(Cc2nnc(CCCNC3CC3)s2)CC1. The van der Waals surface area contributed by atoms with E-state index in [1.165, 1.54) is 67.8 Å². The van der Waals surface area contributed by atoms with Crippen molar-refractivity contribution in [3.8, 4) is 0 Å². The van der Waals surface area contributed by atoms with Crippen LogP contribution < -0.4 is 5.32 Å². The van der Waals surface area contributed by atoms with E-state index in [1.807, 2.05) is 11.3 Å². The van der Waals surface area contributed by atoms with Crippen molar-refractivity contribution in [3.05, 3.63) is 10.0 Å². The number of hydrogen-bond acceptors (Lipinski definition) is 4. The van der Waals surface area contributed by atoms with Gasteiger partial charge in [0.15, 0.2) is 0 Å². The molecule has 106 valence electrons. The van der Waals surface area contributed by atoms with Crippen molar-refractivity contribution in [1.82, 2.24) is 15.5 Å². The maximum absolute atomic E-state index is 4.38. The summed E-state index contributed by atoms with van der Waals surface area (Å²) in [5.74, 6) is 0.881. The molecule has 0 atom stereocenters. The fraction of sp³-hybridized carbons (Fsp3) is 0.867. The molecule has 2 aliphatic carbocycles. The van der Waals surface area contributed by atoms with E-state index in [1.54, 1.807) is 0 Å². The Morgan fingerprint density at radius 1 is 1.00 bits per heavy atom. The Morgan fingerprint density at radius 3 is 2.58 bits per heavy atom. The van der Waals surface area contributed by atoms with Gasteiger partial charge in [-0.2, -0.15) is 0 Å². The summed E-state index contributed by atoms with van der Waals surface area (Å²) in [6, 6.07) is 0.830. The van der Waals surface area contributed by atoms with Crippen LogP contribution in [0.4, 0.5) is 0 Å². The topological polar surface area (TPSA) is 37.8 Å². The van der Waals surface area contributed by atoms with Crippen LogP contribution in [0.5, 0.6) is 0 Å². The van der Waals surface area contributed by atoms with E-state index in [9.17, 15) is 0 Å². The zero-order valence-electron chi connectivity index (χ0n) is 11.7. The van der Waals surface area contributed by atoms with Crippen LogP contribution in [0.2, 0.25) is 0 Å². The minimum atomic E-state index is 0.830. The molecule has 3 nitrogen and oxygen atoms in total. The zero-order valence-corrected chi connectivity index (χ0v) is 12.6. The smallest absolute Gasteiger partial charge is 0.117 e. The molecule has 19 heavy (non-hydrogen) atoms. The van der Waals surface area contributed by atoms with Crippen LogP contribution in [0.3, 0.4) is 0 Å². The summed E-state index contributed by atoms with van der Waals surface area (Å²) < 4.78 is 0. The van der Waals surface area contributed by atoms with Crippen molar-refractivity contribution in [1.29, 1.82) is 0 Å². The van der Waals surface area contributed by atoms with E-state index < -0.39 is 0 Å². The molecule has 1 aromatic rings. The predicted molar refractivity (Wildman–Crippen MR) is 79.5 cm³/mol. The van der Waals surface area contributed by atoms with Gasteiger partial charge in [0.1, 0.15) is 10.0 Å². The molecule has 2 aliphatic rings. The van der Waals surface area contributed by atoms with Gasteiger partial charge >= 0.3 is 0 Å². The summed E-state index contributed by atoms with van der Waals surface area (Å²) in [6.45, 7) is 1.14. The first-order valence-corrected chi connectivity index (χ1v) is 8.76. The Kier molecular flexibility index (Phi) is 4.83. The highest BCUT2D eigenvalue weighted by Crippen LogP contribution is 2.27. The number of aryl methyl sites for hydroxylation is 1. The molecular weight excluding hydrogens is 254 g/mol. The summed E-state index contributed by atoms with van der Waals surface area (Å²) >= 11 is 1.85. The quantitative estimate of drug-likeness (QED) is 0.778. The fourth-order valence-electron chi connectivity index (χ4n) is 2.94. The van der Waals surface area contributed by atoms with Gasteiger partial charge in [-0.3, -0.25) is 0 Å². The summed E-state index contributed by atoms with van der Waals surface area (Å²) in [7, 11) is 0. The van der Waals surface area contributed by atoms with Gasteiger partial charge in [-0.05, 0) is 31.7 Å². The van der Waals surface area contributed by atoms with Gasteiger partial charge < -0.3 is 5.32 Å². The summed E-state index contributed by atoms with van der Waals surface area (Å²) in [5.41, 5.74) is 0. The van der Waals surface area contributed by atoms with Gasteiger partial charge in [-0.15, -0.1) is 21.5 Å². The van der Waals surface area contributed by atoms with E-state index >= 15 is 0 Å². The van der Waals surface area contributed by atoms with Crippen LogP contribution in [0, 0.1) is 5.92 Å². The van der Waals surface area contributed by atoms with E-state index in [-0.39, 0.29) is 0 Å². The third kappa shape index (κ3) is 4.53. The third-order valence-electron chi connectivity index (χ3n) is 4.27. The Morgan fingerprint density at radius 2 is 1.79 bits per heavy atom. The Bertz CT molecular complexity index is 380. The highest BCUT2D eigenvalue weighted by Gasteiger charge is 2.19. The largest absolute Gasteiger partial charge is 0.314 e. The Labute approximate surface area is 120 Å². The van der Waals surface area contributed by atoms with Crippen molar-refractivity contribution in [3.63, 3.8) is 0 Å². The maximum atomic E-state index is 4.38. The van der Waals surface area contributed by atoms with E-state index in [2.05, 4.69) is 15.5 Å². The molecule has 1 N–H and O–H groups in total. The molecule has 3 rings (SSSR count). The van der Waals surface area contributed by atoms with Gasteiger partial charge in [-0.1, -0.05) is 32.1 Å². The van der Waals surface area contributed by atoms with Crippen molar-refractivity contribution in [2.45, 2.75) is 70.3 Å². The first kappa shape index (κ1) is 13.5. The first-order valence-electron chi connectivity index (χ1n) is 7.95. The van der Waals surface area contributed by atoms with Crippen molar-refractivity contribution in [2.75, 3.05) is 6.54 Å². The van der Waals surface area contributed by atoms with E-state index in [0.29, 0.717) is 0 Å². The van der Waals surface area contributed by atoms with Gasteiger partial charge in [-0.25, -0.2) is 0 Å². The second kappa shape index (κ2) is 6.80. The number of nitrogens with zero attached hydrogens (tertiary/aromatic N) is 2. The number of rotatable bonds is 7. The Hall–Kier alpha value is -0.480. The van der Waals surface area contributed by atoms with Crippen LogP contribution in [-0.2, 0) is 12.8 Å². The number of hydrogen-bond donors (Lipinski definition) is 1. The molecule has 1 heterocycles. The van der Waals surface area contributed by atoms with E-state index in [0.717, 1.165) is 24.9 Å². The summed E-state index contributed by atoms with van der Waals surface area (Å²) in [4.78, 5) is 0. The average molecular weight is 279 g/mol. The molecule has 0 amide bonds. The molecule has 0 unspecified atom stereocenters. The van der Waals surface area contributed by atoms with Crippen LogP contribution in [0.1, 0.15) is 61.4 Å². The lowest BCUT2D eigenvalue weighted by atomic mass is 9.87. The van der Waals surface area contributed by atoms with Gasteiger partial charge in [0.25, 0.3) is 0 Å². The molecule has 2 fully saturated rings. The standard InChI is InChI=1S/C15H25N3S/c1-2-5-12(6-3-1)11-15-18-17-14(19-15)7-4-10-16-13-8-9-13/h12-13,16H,1-11H2. The van der Waals surface area contributed by atoms with Crippen molar-refractivity contribution >= 4 is 11.3 Å². The fourth-order valence-corrected chi connectivity index (χ4v) is 3.94. The minimum absolute atomic E-state index is 0.830. The Balaban J connectivity index is 1.37. The van der Waals surface area contributed by atoms with Crippen molar-refractivity contribution < 1.29 is 0 Å². The molecule has 0 aromatic carbocycles. The van der Waals surface area contributed by atoms with Gasteiger partial charge in [0.2, 0.25) is 0 Å². The lowest BCUT2D eigenvalue weighted by molar-refractivity contribution is 0.356. The molecule has 0 spiro atoms. The molecule has 0 saturated heterocycles. The highest BCUT2D eigenvalue weighted by molar-refractivity contribution is 7.11. The van der Waals surface area contributed by atoms with Crippen LogP contribution in [-0.4, -0.2) is 22.8 Å². The minimum Gasteiger partial charge on any atom is -0.314 e. The molecule has 1 aromatic heterocycles. The lowest BCUT2D eigenvalue weighted by Gasteiger charge is -2.19. The number of aromatic nitrogens is 2. The number of nitrogens with one attached hydrogen (secondary N) is 1.